The van der Waals surface area contributed by atoms with E-state index in [-0.39, 0.29) is 49.9 Å². The monoisotopic (exact) mass is 471 g/mol. The minimum atomic E-state index is -0.747. The Kier molecular flexibility index (Phi) is 8.46. The number of nitrogens with one attached hydrogen (secondary N) is 2. The zero-order valence-corrected chi connectivity index (χ0v) is 18.8. The first-order chi connectivity index (χ1) is 16.4. The number of aromatic amines is 1. The molecule has 0 aliphatic carbocycles. The topological polar surface area (TPSA) is 154 Å². The van der Waals surface area contributed by atoms with E-state index < -0.39 is 29.5 Å². The van der Waals surface area contributed by atoms with Crippen molar-refractivity contribution in [2.24, 2.45) is 0 Å². The molecule has 2 aromatic heterocycles. The first kappa shape index (κ1) is 24.6. The molecule has 0 radical (unpaired) electrons. The molecule has 12 heteroatoms. The molecular formula is C22H25N5O7. The maximum Gasteiger partial charge on any atom is 0.305 e. The molecule has 0 spiro atoms. The van der Waals surface area contributed by atoms with Gasteiger partial charge in [0.15, 0.2) is 11.2 Å². The molecule has 0 saturated heterocycles. The Labute approximate surface area is 194 Å². The van der Waals surface area contributed by atoms with Gasteiger partial charge in [-0.3, -0.25) is 34.0 Å². The van der Waals surface area contributed by atoms with Gasteiger partial charge < -0.3 is 14.2 Å². The molecule has 34 heavy (non-hydrogen) atoms. The van der Waals surface area contributed by atoms with Gasteiger partial charge in [-0.05, 0) is 12.1 Å². The molecule has 3 rings (SSSR count). The SMILES string of the molecule is CCC(=O)OCC(COC(=O)CC)OCn1cnc2c(=O)[nH]c(NC(=O)c3ccccc3)nc21. The van der Waals surface area contributed by atoms with E-state index in [2.05, 4.69) is 20.3 Å². The molecule has 2 heterocycles. The van der Waals surface area contributed by atoms with Gasteiger partial charge in [0.05, 0.1) is 6.33 Å². The molecule has 0 bridgehead atoms. The number of carbonyl (C=O) groups is 3. The lowest BCUT2D eigenvalue weighted by atomic mass is 10.2. The van der Waals surface area contributed by atoms with E-state index >= 15 is 0 Å². The highest BCUT2D eigenvalue weighted by atomic mass is 16.6. The van der Waals surface area contributed by atoms with Gasteiger partial charge in [0, 0.05) is 18.4 Å². The van der Waals surface area contributed by atoms with E-state index in [1.165, 1.54) is 10.9 Å². The van der Waals surface area contributed by atoms with Crippen LogP contribution in [0.1, 0.15) is 37.0 Å². The second-order valence-electron chi connectivity index (χ2n) is 7.11. The van der Waals surface area contributed by atoms with E-state index in [1.807, 2.05) is 0 Å². The maximum absolute atomic E-state index is 12.4. The second kappa shape index (κ2) is 11.7. The Morgan fingerprint density at radius 3 is 2.32 bits per heavy atom. The second-order valence-corrected chi connectivity index (χ2v) is 7.11. The third kappa shape index (κ3) is 6.48. The molecule has 3 aromatic rings. The smallest absolute Gasteiger partial charge is 0.305 e. The van der Waals surface area contributed by atoms with Gasteiger partial charge in [0.1, 0.15) is 26.0 Å². The van der Waals surface area contributed by atoms with E-state index in [4.69, 9.17) is 14.2 Å². The van der Waals surface area contributed by atoms with Gasteiger partial charge in [-0.25, -0.2) is 4.98 Å². The number of benzene rings is 1. The summed E-state index contributed by atoms with van der Waals surface area (Å²) in [6.45, 7) is 2.94. The lowest BCUT2D eigenvalue weighted by Crippen LogP contribution is -2.29. The van der Waals surface area contributed by atoms with Crippen LogP contribution in [0, 0.1) is 0 Å². The Balaban J connectivity index is 1.74. The predicted molar refractivity (Wildman–Crippen MR) is 120 cm³/mol. The van der Waals surface area contributed by atoms with Crippen molar-refractivity contribution in [1.82, 2.24) is 19.5 Å². The molecule has 2 N–H and O–H groups in total. The molecule has 0 atom stereocenters. The summed E-state index contributed by atoms with van der Waals surface area (Å²) in [7, 11) is 0. The highest BCUT2D eigenvalue weighted by molar-refractivity contribution is 6.03. The lowest BCUT2D eigenvalue weighted by molar-refractivity contribution is -0.157. The number of rotatable bonds is 11. The summed E-state index contributed by atoms with van der Waals surface area (Å²) < 4.78 is 17.4. The Morgan fingerprint density at radius 1 is 1.06 bits per heavy atom. The van der Waals surface area contributed by atoms with Crippen LogP contribution >= 0.6 is 0 Å². The van der Waals surface area contributed by atoms with Crippen molar-refractivity contribution in [1.29, 1.82) is 0 Å². The first-order valence-electron chi connectivity index (χ1n) is 10.7. The van der Waals surface area contributed by atoms with Crippen LogP contribution < -0.4 is 10.9 Å². The van der Waals surface area contributed by atoms with Crippen LogP contribution in [-0.4, -0.2) is 56.7 Å². The first-order valence-corrected chi connectivity index (χ1v) is 10.7. The van der Waals surface area contributed by atoms with Crippen molar-refractivity contribution in [3.05, 3.63) is 52.6 Å². The van der Waals surface area contributed by atoms with Gasteiger partial charge in [0.2, 0.25) is 5.95 Å². The molecule has 1 amide bonds. The number of fused-ring (bicyclic) bond motifs is 1. The number of carbonyl (C=O) groups excluding carboxylic acids is 3. The Hall–Kier alpha value is -4.06. The predicted octanol–water partition coefficient (Wildman–Crippen LogP) is 1.62. The summed E-state index contributed by atoms with van der Waals surface area (Å²) in [5.41, 5.74) is 0.0697. The standard InChI is InChI=1S/C22H25N5O7/c1-3-16(28)32-10-15(11-33-17(29)4-2)34-13-27-12-23-18-19(27)24-22(26-21(18)31)25-20(30)14-8-6-5-7-9-14/h5-9,12,15H,3-4,10-11,13H2,1-2H3,(H2,24,25,26,30,31). The molecule has 0 aliphatic rings. The zero-order valence-electron chi connectivity index (χ0n) is 18.8. The van der Waals surface area contributed by atoms with Crippen LogP contribution in [-0.2, 0) is 30.5 Å². The van der Waals surface area contributed by atoms with Crippen LogP contribution in [0.3, 0.4) is 0 Å². The zero-order chi connectivity index (χ0) is 24.5. The molecule has 0 unspecified atom stereocenters. The summed E-state index contributed by atoms with van der Waals surface area (Å²) in [4.78, 5) is 58.6. The average Bonchev–Trinajstić information content (AvgIpc) is 3.26. The highest BCUT2D eigenvalue weighted by Gasteiger charge is 2.17. The van der Waals surface area contributed by atoms with Crippen molar-refractivity contribution in [3.8, 4) is 0 Å². The number of imidazole rings is 1. The number of H-pyrrole nitrogens is 1. The number of anilines is 1. The third-order valence-electron chi connectivity index (χ3n) is 4.63. The van der Waals surface area contributed by atoms with E-state index in [1.54, 1.807) is 44.2 Å². The van der Waals surface area contributed by atoms with E-state index in [0.29, 0.717) is 5.56 Å². The molecule has 0 aliphatic heterocycles. The number of hydrogen-bond donors (Lipinski definition) is 2. The van der Waals surface area contributed by atoms with Crippen LogP contribution in [0.4, 0.5) is 5.95 Å². The summed E-state index contributed by atoms with van der Waals surface area (Å²) in [6, 6.07) is 8.46. The fourth-order valence-corrected chi connectivity index (χ4v) is 2.78. The number of aromatic nitrogens is 4. The van der Waals surface area contributed by atoms with Crippen LogP contribution in [0.25, 0.3) is 11.2 Å². The number of esters is 2. The van der Waals surface area contributed by atoms with Crippen molar-refractivity contribution < 1.29 is 28.6 Å². The number of ether oxygens (including phenoxy) is 3. The summed E-state index contributed by atoms with van der Waals surface area (Å²) in [6.07, 6.45) is 0.987. The number of hydrogen-bond acceptors (Lipinski definition) is 9. The fraction of sp³-hybridized carbons (Fsp3) is 0.364. The van der Waals surface area contributed by atoms with Crippen molar-refractivity contribution in [3.63, 3.8) is 0 Å². The lowest BCUT2D eigenvalue weighted by Gasteiger charge is -2.18. The van der Waals surface area contributed by atoms with Crippen LogP contribution in [0.15, 0.2) is 41.5 Å². The third-order valence-corrected chi connectivity index (χ3v) is 4.63. The van der Waals surface area contributed by atoms with Crippen molar-refractivity contribution in [2.75, 3.05) is 18.5 Å². The summed E-state index contributed by atoms with van der Waals surface area (Å²) in [5.74, 6) is -1.34. The largest absolute Gasteiger partial charge is 0.463 e. The molecule has 0 fully saturated rings. The average molecular weight is 471 g/mol. The minimum Gasteiger partial charge on any atom is -0.463 e. The van der Waals surface area contributed by atoms with Gasteiger partial charge in [-0.1, -0.05) is 32.0 Å². The molecule has 0 saturated carbocycles. The van der Waals surface area contributed by atoms with Gasteiger partial charge in [0.25, 0.3) is 11.5 Å². The highest BCUT2D eigenvalue weighted by Crippen LogP contribution is 2.11. The summed E-state index contributed by atoms with van der Waals surface area (Å²) >= 11 is 0. The Bertz CT molecular complexity index is 1190. The molecular weight excluding hydrogens is 446 g/mol. The minimum absolute atomic E-state index is 0.0488. The number of amides is 1. The maximum atomic E-state index is 12.4. The normalized spacial score (nSPS) is 10.9. The molecule has 1 aromatic carbocycles. The fourth-order valence-electron chi connectivity index (χ4n) is 2.78. The van der Waals surface area contributed by atoms with Gasteiger partial charge in [-0.15, -0.1) is 0 Å². The molecule has 180 valence electrons. The van der Waals surface area contributed by atoms with Crippen LogP contribution in [0.2, 0.25) is 0 Å². The Morgan fingerprint density at radius 2 is 1.71 bits per heavy atom. The van der Waals surface area contributed by atoms with Crippen LogP contribution in [0.5, 0.6) is 0 Å². The van der Waals surface area contributed by atoms with Gasteiger partial charge >= 0.3 is 11.9 Å². The van der Waals surface area contributed by atoms with E-state index in [0.717, 1.165) is 0 Å². The van der Waals surface area contributed by atoms with Gasteiger partial charge in [-0.2, -0.15) is 4.98 Å². The number of nitrogens with zero attached hydrogens (tertiary/aromatic N) is 3. The van der Waals surface area contributed by atoms with E-state index in [9.17, 15) is 19.2 Å². The summed E-state index contributed by atoms with van der Waals surface area (Å²) in [5, 5.41) is 2.55. The quantitative estimate of drug-likeness (QED) is 0.397. The van der Waals surface area contributed by atoms with Crippen molar-refractivity contribution in [2.45, 2.75) is 39.5 Å². The molecule has 12 nitrogen and oxygen atoms in total. The van der Waals surface area contributed by atoms with Crippen molar-refractivity contribution >= 4 is 35.0 Å².